The fourth-order valence-electron chi connectivity index (χ4n) is 2.68. The molecule has 0 spiro atoms. The summed E-state index contributed by atoms with van der Waals surface area (Å²) in [6.07, 6.45) is 0. The summed E-state index contributed by atoms with van der Waals surface area (Å²) in [6.45, 7) is -0.486. The number of sulfonamides is 1. The molecular formula is C16H20N2O8S. The summed E-state index contributed by atoms with van der Waals surface area (Å²) in [6, 6.07) is 3.53. The van der Waals surface area contributed by atoms with Crippen molar-refractivity contribution in [2.24, 2.45) is 0 Å². The highest BCUT2D eigenvalue weighted by Gasteiger charge is 2.33. The van der Waals surface area contributed by atoms with Crippen molar-refractivity contribution in [3.8, 4) is 0 Å². The molecule has 148 valence electrons. The van der Waals surface area contributed by atoms with Gasteiger partial charge in [0, 0.05) is 26.2 Å². The van der Waals surface area contributed by atoms with E-state index in [2.05, 4.69) is 9.47 Å². The molecule has 1 amide bonds. The van der Waals surface area contributed by atoms with Crippen molar-refractivity contribution in [2.75, 3.05) is 47.0 Å². The average Bonchev–Trinajstić information content (AvgIpc) is 2.71. The summed E-state index contributed by atoms with van der Waals surface area (Å²) >= 11 is 0. The first-order chi connectivity index (χ1) is 12.8. The fraction of sp³-hybridized carbons (Fsp3) is 0.438. The van der Waals surface area contributed by atoms with Gasteiger partial charge in [-0.15, -0.1) is 0 Å². The Morgan fingerprint density at radius 3 is 2.15 bits per heavy atom. The number of hydrogen-bond donors (Lipinski definition) is 1. The molecule has 0 aliphatic carbocycles. The van der Waals surface area contributed by atoms with Gasteiger partial charge in [-0.05, 0) is 18.2 Å². The van der Waals surface area contributed by atoms with Gasteiger partial charge in [-0.1, -0.05) is 0 Å². The van der Waals surface area contributed by atoms with Crippen LogP contribution in [0.3, 0.4) is 0 Å². The molecule has 1 aliphatic rings. The Bertz CT molecular complexity index is 844. The maximum absolute atomic E-state index is 13.1. The van der Waals surface area contributed by atoms with Gasteiger partial charge >= 0.3 is 11.9 Å². The number of rotatable bonds is 5. The van der Waals surface area contributed by atoms with Crippen molar-refractivity contribution in [3.05, 3.63) is 29.3 Å². The van der Waals surface area contributed by atoms with Crippen molar-refractivity contribution < 1.29 is 37.4 Å². The van der Waals surface area contributed by atoms with Gasteiger partial charge in [-0.25, -0.2) is 18.0 Å². The van der Waals surface area contributed by atoms with Gasteiger partial charge in [0.25, 0.3) is 0 Å². The van der Waals surface area contributed by atoms with Crippen molar-refractivity contribution in [1.29, 1.82) is 0 Å². The quantitative estimate of drug-likeness (QED) is 0.629. The highest BCUT2D eigenvalue weighted by atomic mass is 32.2. The number of aliphatic hydroxyl groups excluding tert-OH is 1. The first kappa shape index (κ1) is 20.8. The third-order valence-corrected chi connectivity index (χ3v) is 6.09. The second-order valence-electron chi connectivity index (χ2n) is 5.64. The summed E-state index contributed by atoms with van der Waals surface area (Å²) in [5.41, 5.74) is -0.239. The SMILES string of the molecule is COC(=O)c1ccc(C(=O)OC)c(S(=O)(=O)N2CCN(C(=O)CO)CC2)c1. The highest BCUT2D eigenvalue weighted by molar-refractivity contribution is 7.89. The Morgan fingerprint density at radius 2 is 1.63 bits per heavy atom. The predicted molar refractivity (Wildman–Crippen MR) is 91.5 cm³/mol. The van der Waals surface area contributed by atoms with E-state index in [1.807, 2.05) is 0 Å². The molecule has 2 rings (SSSR count). The number of carbonyl (C=O) groups is 3. The lowest BCUT2D eigenvalue weighted by Gasteiger charge is -2.34. The van der Waals surface area contributed by atoms with E-state index in [4.69, 9.17) is 5.11 Å². The van der Waals surface area contributed by atoms with E-state index >= 15 is 0 Å². The Labute approximate surface area is 156 Å². The zero-order valence-electron chi connectivity index (χ0n) is 14.9. The number of carbonyl (C=O) groups excluding carboxylic acids is 3. The molecule has 1 heterocycles. The van der Waals surface area contributed by atoms with Gasteiger partial charge in [-0.2, -0.15) is 4.31 Å². The Balaban J connectivity index is 2.40. The number of amides is 1. The molecule has 1 N–H and O–H groups in total. The molecule has 11 heteroatoms. The standard InChI is InChI=1S/C16H20N2O8S/c1-25-15(21)11-3-4-12(16(22)26-2)13(9-11)27(23,24)18-7-5-17(6-8-18)14(20)10-19/h3-4,9,19H,5-8,10H2,1-2H3. The molecule has 1 saturated heterocycles. The van der Waals surface area contributed by atoms with E-state index < -0.39 is 34.5 Å². The first-order valence-electron chi connectivity index (χ1n) is 7.95. The predicted octanol–water partition coefficient (Wildman–Crippen LogP) is -0.915. The van der Waals surface area contributed by atoms with Gasteiger partial charge in [-0.3, -0.25) is 4.79 Å². The van der Waals surface area contributed by atoms with E-state index in [1.165, 1.54) is 17.0 Å². The molecule has 1 fully saturated rings. The lowest BCUT2D eigenvalue weighted by atomic mass is 10.1. The molecule has 1 aromatic carbocycles. The third-order valence-electron chi connectivity index (χ3n) is 4.15. The van der Waals surface area contributed by atoms with E-state index in [1.54, 1.807) is 0 Å². The lowest BCUT2D eigenvalue weighted by molar-refractivity contribution is -0.135. The van der Waals surface area contributed by atoms with Gasteiger partial charge in [0.1, 0.15) is 6.61 Å². The van der Waals surface area contributed by atoms with Crippen LogP contribution >= 0.6 is 0 Å². The monoisotopic (exact) mass is 400 g/mol. The number of esters is 2. The number of piperazine rings is 1. The minimum Gasteiger partial charge on any atom is -0.465 e. The van der Waals surface area contributed by atoms with E-state index in [-0.39, 0.29) is 42.2 Å². The molecule has 0 atom stereocenters. The Kier molecular flexibility index (Phi) is 6.52. The molecule has 10 nitrogen and oxygen atoms in total. The lowest BCUT2D eigenvalue weighted by Crippen LogP contribution is -2.51. The number of benzene rings is 1. The first-order valence-corrected chi connectivity index (χ1v) is 9.39. The van der Waals surface area contributed by atoms with Crippen molar-refractivity contribution >= 4 is 27.9 Å². The van der Waals surface area contributed by atoms with Crippen LogP contribution in [-0.2, 0) is 24.3 Å². The summed E-state index contributed by atoms with van der Waals surface area (Å²) in [5, 5.41) is 8.90. The second kappa shape index (κ2) is 8.46. The van der Waals surface area contributed by atoms with Crippen LogP contribution < -0.4 is 0 Å². The molecule has 1 aliphatic heterocycles. The number of methoxy groups -OCH3 is 2. The Hall–Kier alpha value is -2.50. The van der Waals surface area contributed by atoms with Gasteiger partial charge < -0.3 is 19.5 Å². The molecule has 0 aromatic heterocycles. The van der Waals surface area contributed by atoms with E-state index in [0.717, 1.165) is 24.6 Å². The highest BCUT2D eigenvalue weighted by Crippen LogP contribution is 2.24. The molecule has 27 heavy (non-hydrogen) atoms. The Morgan fingerprint density at radius 1 is 1.04 bits per heavy atom. The van der Waals surface area contributed by atoms with Crippen LogP contribution in [0, 0.1) is 0 Å². The van der Waals surface area contributed by atoms with Crippen LogP contribution in [0.5, 0.6) is 0 Å². The van der Waals surface area contributed by atoms with Crippen molar-refractivity contribution in [1.82, 2.24) is 9.21 Å². The van der Waals surface area contributed by atoms with Crippen molar-refractivity contribution in [3.63, 3.8) is 0 Å². The summed E-state index contributed by atoms with van der Waals surface area (Å²) < 4.78 is 36.4. The molecule has 0 bridgehead atoms. The third kappa shape index (κ3) is 4.26. The average molecular weight is 400 g/mol. The summed E-state index contributed by atoms with van der Waals surface area (Å²) in [5.74, 6) is -2.10. The second-order valence-corrected chi connectivity index (χ2v) is 7.54. The van der Waals surface area contributed by atoms with Gasteiger partial charge in [0.15, 0.2) is 0 Å². The van der Waals surface area contributed by atoms with Crippen LogP contribution in [0.2, 0.25) is 0 Å². The zero-order chi connectivity index (χ0) is 20.2. The molecular weight excluding hydrogens is 380 g/mol. The molecule has 0 radical (unpaired) electrons. The van der Waals surface area contributed by atoms with Gasteiger partial charge in [0.05, 0.1) is 30.2 Å². The number of nitrogens with zero attached hydrogens (tertiary/aromatic N) is 2. The summed E-state index contributed by atoms with van der Waals surface area (Å²) in [7, 11) is -1.87. The minimum absolute atomic E-state index is 0.0167. The molecule has 0 unspecified atom stereocenters. The van der Waals surface area contributed by atoms with Crippen molar-refractivity contribution in [2.45, 2.75) is 4.90 Å². The van der Waals surface area contributed by atoms with Gasteiger partial charge in [0.2, 0.25) is 15.9 Å². The minimum atomic E-state index is -4.14. The molecule has 0 saturated carbocycles. The van der Waals surface area contributed by atoms with Crippen LogP contribution in [-0.4, -0.2) is 87.6 Å². The summed E-state index contributed by atoms with van der Waals surface area (Å²) in [4.78, 5) is 36.2. The zero-order valence-corrected chi connectivity index (χ0v) is 15.7. The van der Waals surface area contributed by atoms with Crippen LogP contribution in [0.1, 0.15) is 20.7 Å². The van der Waals surface area contributed by atoms with E-state index in [9.17, 15) is 22.8 Å². The fourth-order valence-corrected chi connectivity index (χ4v) is 4.30. The van der Waals surface area contributed by atoms with Crippen LogP contribution in [0.4, 0.5) is 0 Å². The van der Waals surface area contributed by atoms with E-state index in [0.29, 0.717) is 0 Å². The number of hydrogen-bond acceptors (Lipinski definition) is 8. The number of aliphatic hydroxyl groups is 1. The largest absolute Gasteiger partial charge is 0.465 e. The molecule has 1 aromatic rings. The normalized spacial score (nSPS) is 15.3. The maximum Gasteiger partial charge on any atom is 0.339 e. The smallest absolute Gasteiger partial charge is 0.339 e. The maximum atomic E-state index is 13.1. The van der Waals surface area contributed by atoms with Crippen LogP contribution in [0.15, 0.2) is 23.1 Å². The van der Waals surface area contributed by atoms with Crippen LogP contribution in [0.25, 0.3) is 0 Å². The topological polar surface area (TPSA) is 131 Å². The number of ether oxygens (including phenoxy) is 2.